The standard InChI is InChI=1S/C40H54F2N2O2/c1-30(40(46)44-39-37-24-18-17-23-36(37)35-22-16-15-21-32(35)28-38(39)45)43-25-19-13-11-9-7-5-3-2-4-6-8-10-12-14-20-31-26-33(41)29-34(42)27-31/h15-18,21-24,26-27,29-30,38-39,43,45H,2-14,19-20,25,28H2,1H3,(H,44,46)/t30-,38?,39?/m0/s1. The summed E-state index contributed by atoms with van der Waals surface area (Å²) in [5, 5.41) is 17.6. The van der Waals surface area contributed by atoms with Crippen LogP contribution in [0.2, 0.25) is 0 Å². The second-order valence-electron chi connectivity index (χ2n) is 13.2. The number of carbonyl (C=O) groups excluding carboxylic acids is 1. The summed E-state index contributed by atoms with van der Waals surface area (Å²) in [4.78, 5) is 13.1. The van der Waals surface area contributed by atoms with Gasteiger partial charge in [0.15, 0.2) is 0 Å². The van der Waals surface area contributed by atoms with Crippen molar-refractivity contribution in [3.8, 4) is 11.1 Å². The van der Waals surface area contributed by atoms with Gasteiger partial charge in [0.1, 0.15) is 11.6 Å². The highest BCUT2D eigenvalue weighted by Crippen LogP contribution is 2.37. The van der Waals surface area contributed by atoms with Gasteiger partial charge < -0.3 is 15.7 Å². The second-order valence-corrected chi connectivity index (χ2v) is 13.2. The molecule has 0 saturated heterocycles. The lowest BCUT2D eigenvalue weighted by Gasteiger charge is -2.26. The Hall–Kier alpha value is -3.09. The summed E-state index contributed by atoms with van der Waals surface area (Å²) in [6.45, 7) is 2.71. The molecule has 0 aromatic heterocycles. The van der Waals surface area contributed by atoms with Crippen molar-refractivity contribution < 1.29 is 18.7 Å². The summed E-state index contributed by atoms with van der Waals surface area (Å²) in [5.74, 6) is -1.05. The number of aliphatic hydroxyl groups excluding tert-OH is 1. The van der Waals surface area contributed by atoms with Crippen molar-refractivity contribution >= 4 is 5.91 Å². The number of amides is 1. The van der Waals surface area contributed by atoms with Gasteiger partial charge in [-0.15, -0.1) is 0 Å². The zero-order valence-corrected chi connectivity index (χ0v) is 27.7. The number of nitrogens with one attached hydrogen (secondary N) is 2. The minimum Gasteiger partial charge on any atom is -0.390 e. The van der Waals surface area contributed by atoms with Crippen LogP contribution in [0.15, 0.2) is 66.7 Å². The maximum Gasteiger partial charge on any atom is 0.237 e. The minimum absolute atomic E-state index is 0.0801. The minimum atomic E-state index is -0.689. The molecule has 0 saturated carbocycles. The molecule has 0 heterocycles. The number of rotatable bonds is 20. The van der Waals surface area contributed by atoms with Crippen molar-refractivity contribution in [3.63, 3.8) is 0 Å². The number of carbonyl (C=O) groups is 1. The summed E-state index contributed by atoms with van der Waals surface area (Å²) in [5.41, 5.74) is 5.02. The molecular formula is C40H54F2N2O2. The zero-order chi connectivity index (χ0) is 32.6. The van der Waals surface area contributed by atoms with Gasteiger partial charge in [0, 0.05) is 12.5 Å². The van der Waals surface area contributed by atoms with Gasteiger partial charge in [-0.2, -0.15) is 0 Å². The summed E-state index contributed by atoms with van der Waals surface area (Å²) >= 11 is 0. The molecule has 4 nitrogen and oxygen atoms in total. The number of aryl methyl sites for hydroxylation is 1. The molecule has 0 radical (unpaired) electrons. The Labute approximate surface area is 275 Å². The lowest BCUT2D eigenvalue weighted by molar-refractivity contribution is -0.124. The van der Waals surface area contributed by atoms with E-state index in [1.54, 1.807) is 0 Å². The largest absolute Gasteiger partial charge is 0.390 e. The van der Waals surface area contributed by atoms with Crippen molar-refractivity contribution in [2.75, 3.05) is 6.54 Å². The first-order chi connectivity index (χ1) is 22.4. The third-order valence-corrected chi connectivity index (χ3v) is 9.37. The lowest BCUT2D eigenvalue weighted by atomic mass is 9.95. The van der Waals surface area contributed by atoms with E-state index in [4.69, 9.17) is 0 Å². The van der Waals surface area contributed by atoms with Crippen LogP contribution in [-0.2, 0) is 17.6 Å². The Morgan fingerprint density at radius 3 is 1.89 bits per heavy atom. The average Bonchev–Trinajstić information content (AvgIpc) is 3.15. The molecule has 0 aliphatic heterocycles. The first-order valence-electron chi connectivity index (χ1n) is 17.8. The molecule has 3 N–H and O–H groups in total. The Morgan fingerprint density at radius 2 is 1.26 bits per heavy atom. The van der Waals surface area contributed by atoms with Crippen LogP contribution in [0.5, 0.6) is 0 Å². The fraction of sp³-hybridized carbons (Fsp3) is 0.525. The second kappa shape index (κ2) is 19.5. The molecule has 6 heteroatoms. The number of aliphatic hydroxyl groups is 1. The molecule has 4 rings (SSSR count). The third-order valence-electron chi connectivity index (χ3n) is 9.37. The van der Waals surface area contributed by atoms with Gasteiger partial charge in [0.2, 0.25) is 5.91 Å². The van der Waals surface area contributed by atoms with Crippen LogP contribution in [0.4, 0.5) is 8.78 Å². The quantitative estimate of drug-likeness (QED) is 0.109. The molecule has 1 aliphatic carbocycles. The van der Waals surface area contributed by atoms with Crippen molar-refractivity contribution in [1.29, 1.82) is 0 Å². The molecule has 0 bridgehead atoms. The normalized spacial score (nSPS) is 16.3. The monoisotopic (exact) mass is 632 g/mol. The van der Waals surface area contributed by atoms with Gasteiger partial charge in [0.25, 0.3) is 0 Å². The number of halogens is 2. The summed E-state index contributed by atoms with van der Waals surface area (Å²) in [7, 11) is 0. The predicted molar refractivity (Wildman–Crippen MR) is 185 cm³/mol. The number of benzene rings is 3. The molecule has 250 valence electrons. The molecule has 46 heavy (non-hydrogen) atoms. The topological polar surface area (TPSA) is 61.4 Å². The van der Waals surface area contributed by atoms with Crippen LogP contribution in [0.1, 0.15) is 120 Å². The van der Waals surface area contributed by atoms with Crippen LogP contribution in [0.25, 0.3) is 11.1 Å². The van der Waals surface area contributed by atoms with E-state index in [2.05, 4.69) is 28.8 Å². The fourth-order valence-electron chi connectivity index (χ4n) is 6.72. The number of hydrogen-bond acceptors (Lipinski definition) is 3. The van der Waals surface area contributed by atoms with Crippen LogP contribution in [0.3, 0.4) is 0 Å². The van der Waals surface area contributed by atoms with E-state index in [9.17, 15) is 18.7 Å². The smallest absolute Gasteiger partial charge is 0.237 e. The summed E-state index contributed by atoms with van der Waals surface area (Å²) in [6.07, 6.45) is 17.6. The van der Waals surface area contributed by atoms with Crippen molar-refractivity contribution in [1.82, 2.24) is 10.6 Å². The van der Waals surface area contributed by atoms with Gasteiger partial charge >= 0.3 is 0 Å². The van der Waals surface area contributed by atoms with Crippen LogP contribution in [-0.4, -0.2) is 29.7 Å². The van der Waals surface area contributed by atoms with E-state index in [-0.39, 0.29) is 11.9 Å². The Balaban J connectivity index is 0.977. The SMILES string of the molecule is C[C@H](NCCCCCCCCCCCCCCCCc1cc(F)cc(F)c1)C(=O)NC1c2ccccc2-c2ccccc2CC1O. The van der Waals surface area contributed by atoms with E-state index in [0.717, 1.165) is 66.1 Å². The van der Waals surface area contributed by atoms with Crippen LogP contribution < -0.4 is 10.6 Å². The lowest BCUT2D eigenvalue weighted by Crippen LogP contribution is -2.46. The fourth-order valence-corrected chi connectivity index (χ4v) is 6.72. The zero-order valence-electron chi connectivity index (χ0n) is 27.7. The maximum absolute atomic E-state index is 13.3. The molecule has 0 spiro atoms. The van der Waals surface area contributed by atoms with E-state index >= 15 is 0 Å². The van der Waals surface area contributed by atoms with E-state index in [0.29, 0.717) is 6.42 Å². The van der Waals surface area contributed by atoms with E-state index in [1.165, 1.54) is 82.8 Å². The van der Waals surface area contributed by atoms with Gasteiger partial charge in [-0.1, -0.05) is 126 Å². The highest BCUT2D eigenvalue weighted by molar-refractivity contribution is 5.82. The Bertz CT molecular complexity index is 1330. The molecule has 1 aliphatic rings. The summed E-state index contributed by atoms with van der Waals surface area (Å²) in [6, 6.07) is 19.3. The van der Waals surface area contributed by atoms with Crippen molar-refractivity contribution in [3.05, 3.63) is 95.1 Å². The first-order valence-corrected chi connectivity index (χ1v) is 17.8. The third kappa shape index (κ3) is 11.6. The van der Waals surface area contributed by atoms with Gasteiger partial charge in [-0.05, 0) is 72.7 Å². The summed E-state index contributed by atoms with van der Waals surface area (Å²) < 4.78 is 26.5. The number of unbranched alkanes of at least 4 members (excludes halogenated alkanes) is 13. The highest BCUT2D eigenvalue weighted by atomic mass is 19.1. The van der Waals surface area contributed by atoms with E-state index in [1.807, 2.05) is 37.3 Å². The van der Waals surface area contributed by atoms with Crippen LogP contribution in [0, 0.1) is 11.6 Å². The highest BCUT2D eigenvalue weighted by Gasteiger charge is 2.31. The van der Waals surface area contributed by atoms with Gasteiger partial charge in [0.05, 0.1) is 18.2 Å². The number of hydrogen-bond donors (Lipinski definition) is 3. The average molecular weight is 633 g/mol. The molecule has 3 aromatic carbocycles. The molecule has 2 unspecified atom stereocenters. The van der Waals surface area contributed by atoms with Crippen LogP contribution >= 0.6 is 0 Å². The maximum atomic E-state index is 13.3. The number of fused-ring (bicyclic) bond motifs is 3. The van der Waals surface area contributed by atoms with Crippen molar-refractivity contribution in [2.24, 2.45) is 0 Å². The van der Waals surface area contributed by atoms with Gasteiger partial charge in [-0.3, -0.25) is 4.79 Å². The molecular weight excluding hydrogens is 578 g/mol. The predicted octanol–water partition coefficient (Wildman–Crippen LogP) is 9.39. The molecule has 0 fully saturated rings. The molecule has 3 aromatic rings. The molecule has 1 amide bonds. The molecule has 3 atom stereocenters. The Morgan fingerprint density at radius 1 is 0.739 bits per heavy atom. The first kappa shape index (κ1) is 35.8. The Kier molecular flexibility index (Phi) is 15.2. The van der Waals surface area contributed by atoms with Gasteiger partial charge in [-0.25, -0.2) is 8.78 Å². The van der Waals surface area contributed by atoms with E-state index < -0.39 is 23.8 Å². The van der Waals surface area contributed by atoms with Crippen molar-refractivity contribution in [2.45, 2.75) is 128 Å².